The van der Waals surface area contributed by atoms with Gasteiger partial charge in [-0.2, -0.15) is 0 Å². The molecule has 0 N–H and O–H groups in total. The summed E-state index contributed by atoms with van der Waals surface area (Å²) in [5.41, 5.74) is -1.11. The van der Waals surface area contributed by atoms with Crippen molar-refractivity contribution < 1.29 is 28.0 Å². The third kappa shape index (κ3) is 3.18. The van der Waals surface area contributed by atoms with Crippen LogP contribution in [0.25, 0.3) is 0 Å². The number of amides is 1. The average Bonchev–Trinajstić information content (AvgIpc) is 2.80. The van der Waals surface area contributed by atoms with Gasteiger partial charge >= 0.3 is 6.09 Å². The van der Waals surface area contributed by atoms with E-state index in [1.807, 2.05) is 0 Å². The number of nitro groups is 1. The summed E-state index contributed by atoms with van der Waals surface area (Å²) in [7, 11) is 0. The molecule has 1 atom stereocenters. The van der Waals surface area contributed by atoms with Crippen molar-refractivity contribution in [2.75, 3.05) is 11.4 Å². The van der Waals surface area contributed by atoms with Crippen LogP contribution in [0.1, 0.15) is 19.8 Å². The molecule has 0 saturated carbocycles. The van der Waals surface area contributed by atoms with E-state index in [1.54, 1.807) is 0 Å². The summed E-state index contributed by atoms with van der Waals surface area (Å²) < 4.78 is 31.5. The van der Waals surface area contributed by atoms with Gasteiger partial charge in [-0.05, 0) is 13.3 Å². The van der Waals surface area contributed by atoms with Crippen molar-refractivity contribution >= 4 is 23.3 Å². The SMILES string of the molecule is CC(=O)CC[C@H]1CN(c2cc(F)c(F)cc2[N+](=O)[O-])C(=O)O1. The van der Waals surface area contributed by atoms with Gasteiger partial charge in [-0.25, -0.2) is 13.6 Å². The summed E-state index contributed by atoms with van der Waals surface area (Å²) in [6, 6.07) is 1.00. The van der Waals surface area contributed by atoms with Crippen LogP contribution in [0, 0.1) is 21.7 Å². The van der Waals surface area contributed by atoms with Crippen LogP contribution >= 0.6 is 0 Å². The van der Waals surface area contributed by atoms with Crippen molar-refractivity contribution in [3.8, 4) is 0 Å². The summed E-state index contributed by atoms with van der Waals surface area (Å²) >= 11 is 0. The first-order valence-electron chi connectivity index (χ1n) is 6.40. The molecule has 0 bridgehead atoms. The number of carbonyl (C=O) groups is 2. The summed E-state index contributed by atoms with van der Waals surface area (Å²) in [5, 5.41) is 10.9. The topological polar surface area (TPSA) is 89.8 Å². The molecule has 1 aliphatic rings. The van der Waals surface area contributed by atoms with E-state index in [4.69, 9.17) is 4.74 Å². The standard InChI is InChI=1S/C13H12F2N2O5/c1-7(18)2-3-8-6-16(13(19)22-8)11-4-9(14)10(15)5-12(11)17(20)21/h4-5,8H,2-3,6H2,1H3/t8-/m0/s1. The number of hydrogen-bond donors (Lipinski definition) is 0. The molecule has 2 rings (SSSR count). The molecule has 0 spiro atoms. The van der Waals surface area contributed by atoms with Crippen molar-refractivity contribution in [1.82, 2.24) is 0 Å². The number of nitrogens with zero attached hydrogens (tertiary/aromatic N) is 2. The lowest BCUT2D eigenvalue weighted by molar-refractivity contribution is -0.384. The van der Waals surface area contributed by atoms with E-state index in [0.717, 1.165) is 4.90 Å². The Morgan fingerprint density at radius 1 is 1.45 bits per heavy atom. The number of hydrogen-bond acceptors (Lipinski definition) is 5. The summed E-state index contributed by atoms with van der Waals surface area (Å²) in [6.07, 6.45) is -1.09. The first-order valence-corrected chi connectivity index (χ1v) is 6.40. The Bertz CT molecular complexity index is 650. The van der Waals surface area contributed by atoms with Gasteiger partial charge in [0.2, 0.25) is 0 Å². The first-order chi connectivity index (χ1) is 10.3. The number of cyclic esters (lactones) is 1. The van der Waals surface area contributed by atoms with E-state index >= 15 is 0 Å². The van der Waals surface area contributed by atoms with E-state index in [0.29, 0.717) is 12.1 Å². The summed E-state index contributed by atoms with van der Waals surface area (Å²) in [5.74, 6) is -2.77. The molecule has 0 aliphatic carbocycles. The van der Waals surface area contributed by atoms with Gasteiger partial charge in [0, 0.05) is 12.5 Å². The minimum atomic E-state index is -1.38. The van der Waals surface area contributed by atoms with Crippen LogP contribution in [-0.2, 0) is 9.53 Å². The average molecular weight is 314 g/mol. The van der Waals surface area contributed by atoms with E-state index in [9.17, 15) is 28.5 Å². The van der Waals surface area contributed by atoms with Crippen molar-refractivity contribution in [3.63, 3.8) is 0 Å². The second-order valence-electron chi connectivity index (χ2n) is 4.87. The Balaban J connectivity index is 2.28. The number of rotatable bonds is 5. The zero-order valence-corrected chi connectivity index (χ0v) is 11.5. The molecule has 1 heterocycles. The molecule has 7 nitrogen and oxygen atoms in total. The Labute approximate surface area is 123 Å². The number of halogens is 2. The second-order valence-corrected chi connectivity index (χ2v) is 4.87. The van der Waals surface area contributed by atoms with Gasteiger partial charge in [0.1, 0.15) is 17.6 Å². The molecule has 1 fully saturated rings. The van der Waals surface area contributed by atoms with Gasteiger partial charge in [0.15, 0.2) is 11.6 Å². The number of ether oxygens (including phenoxy) is 1. The Morgan fingerprint density at radius 2 is 2.09 bits per heavy atom. The maximum absolute atomic E-state index is 13.3. The number of nitro benzene ring substituents is 1. The number of carbonyl (C=O) groups excluding carboxylic acids is 2. The molecule has 0 unspecified atom stereocenters. The van der Waals surface area contributed by atoms with Gasteiger partial charge in [-0.1, -0.05) is 0 Å². The van der Waals surface area contributed by atoms with Gasteiger partial charge < -0.3 is 9.53 Å². The number of Topliss-reactive ketones (excluding diaryl/α,β-unsaturated/α-hetero) is 1. The van der Waals surface area contributed by atoms with Gasteiger partial charge in [-0.15, -0.1) is 0 Å². The highest BCUT2D eigenvalue weighted by atomic mass is 19.2. The molecule has 1 saturated heterocycles. The smallest absolute Gasteiger partial charge is 0.414 e. The van der Waals surface area contributed by atoms with Crippen LogP contribution in [0.3, 0.4) is 0 Å². The highest BCUT2D eigenvalue weighted by Gasteiger charge is 2.36. The third-order valence-corrected chi connectivity index (χ3v) is 3.20. The van der Waals surface area contributed by atoms with Crippen LogP contribution in [0.5, 0.6) is 0 Å². The lowest BCUT2D eigenvalue weighted by Crippen LogP contribution is -2.25. The highest BCUT2D eigenvalue weighted by Crippen LogP contribution is 2.33. The lowest BCUT2D eigenvalue weighted by atomic mass is 10.1. The third-order valence-electron chi connectivity index (χ3n) is 3.20. The maximum atomic E-state index is 13.3. The van der Waals surface area contributed by atoms with Gasteiger partial charge in [-0.3, -0.25) is 15.0 Å². The Hall–Kier alpha value is -2.58. The maximum Gasteiger partial charge on any atom is 0.414 e. The van der Waals surface area contributed by atoms with Crippen LogP contribution < -0.4 is 4.90 Å². The molecule has 1 aromatic rings. The van der Waals surface area contributed by atoms with Gasteiger partial charge in [0.05, 0.1) is 17.5 Å². The fourth-order valence-corrected chi connectivity index (χ4v) is 2.12. The van der Waals surface area contributed by atoms with E-state index in [2.05, 4.69) is 0 Å². The number of anilines is 1. The highest BCUT2D eigenvalue weighted by molar-refractivity contribution is 5.92. The molecule has 1 amide bonds. The normalized spacial score (nSPS) is 17.5. The zero-order chi connectivity index (χ0) is 16.4. The summed E-state index contributed by atoms with van der Waals surface area (Å²) in [6.45, 7) is 1.31. The van der Waals surface area contributed by atoms with Crippen LogP contribution in [-0.4, -0.2) is 29.4 Å². The summed E-state index contributed by atoms with van der Waals surface area (Å²) in [4.78, 5) is 33.6. The van der Waals surface area contributed by atoms with Crippen molar-refractivity contribution in [2.45, 2.75) is 25.9 Å². The molecule has 0 radical (unpaired) electrons. The van der Waals surface area contributed by atoms with Crippen molar-refractivity contribution in [1.29, 1.82) is 0 Å². The van der Waals surface area contributed by atoms with Crippen LogP contribution in [0.2, 0.25) is 0 Å². The molecular weight excluding hydrogens is 302 g/mol. The minimum absolute atomic E-state index is 0.0714. The Kier molecular flexibility index (Phi) is 4.34. The molecule has 1 aliphatic heterocycles. The van der Waals surface area contributed by atoms with Crippen LogP contribution in [0.15, 0.2) is 12.1 Å². The predicted molar refractivity (Wildman–Crippen MR) is 70.5 cm³/mol. The Morgan fingerprint density at radius 3 is 2.68 bits per heavy atom. The molecule has 0 aromatic heterocycles. The molecule has 22 heavy (non-hydrogen) atoms. The monoisotopic (exact) mass is 314 g/mol. The number of ketones is 1. The lowest BCUT2D eigenvalue weighted by Gasteiger charge is -2.13. The molecule has 118 valence electrons. The molecular formula is C13H12F2N2O5. The molecule has 1 aromatic carbocycles. The fraction of sp³-hybridized carbons (Fsp3) is 0.385. The van der Waals surface area contributed by atoms with E-state index in [1.165, 1.54) is 6.92 Å². The van der Waals surface area contributed by atoms with Gasteiger partial charge in [0.25, 0.3) is 5.69 Å². The quantitative estimate of drug-likeness (QED) is 0.615. The first kappa shape index (κ1) is 15.8. The van der Waals surface area contributed by atoms with E-state index < -0.39 is 34.4 Å². The second kappa shape index (κ2) is 6.04. The van der Waals surface area contributed by atoms with E-state index in [-0.39, 0.29) is 30.9 Å². The van der Waals surface area contributed by atoms with Crippen molar-refractivity contribution in [3.05, 3.63) is 33.9 Å². The number of benzene rings is 1. The fourth-order valence-electron chi connectivity index (χ4n) is 2.12. The van der Waals surface area contributed by atoms with Crippen LogP contribution in [0.4, 0.5) is 25.0 Å². The zero-order valence-electron chi connectivity index (χ0n) is 11.5. The largest absolute Gasteiger partial charge is 0.444 e. The molecule has 9 heteroatoms. The minimum Gasteiger partial charge on any atom is -0.444 e. The van der Waals surface area contributed by atoms with Crippen molar-refractivity contribution in [2.24, 2.45) is 0 Å². The predicted octanol–water partition coefficient (Wildman–Crippen LogP) is 2.57.